The Morgan fingerprint density at radius 2 is 1.93 bits per heavy atom. The van der Waals surface area contributed by atoms with Crippen LogP contribution in [0.25, 0.3) is 0 Å². The van der Waals surface area contributed by atoms with Crippen molar-refractivity contribution in [2.24, 2.45) is 0 Å². The quantitative estimate of drug-likeness (QED) is 0.851. The number of rotatable bonds is 6. The lowest BCUT2D eigenvalue weighted by atomic mass is 10.1. The van der Waals surface area contributed by atoms with Crippen molar-refractivity contribution in [3.63, 3.8) is 0 Å². The molecule has 1 fully saturated rings. The van der Waals surface area contributed by atoms with Crippen molar-refractivity contribution in [3.8, 4) is 11.5 Å². The Balaban J connectivity index is 1.64. The number of anilines is 1. The smallest absolute Gasteiger partial charge is 0.229 e. The first-order valence-corrected chi connectivity index (χ1v) is 8.87. The minimum atomic E-state index is -0.206. The Morgan fingerprint density at radius 1 is 1.15 bits per heavy atom. The van der Waals surface area contributed by atoms with Gasteiger partial charge in [0.15, 0.2) is 11.5 Å². The zero-order valence-electron chi connectivity index (χ0n) is 15.8. The van der Waals surface area contributed by atoms with Crippen LogP contribution in [0.3, 0.4) is 0 Å². The number of ether oxygens (including phenoxy) is 2. The van der Waals surface area contributed by atoms with Crippen LogP contribution in [0.15, 0.2) is 42.5 Å². The van der Waals surface area contributed by atoms with Crippen LogP contribution >= 0.6 is 0 Å². The molecule has 0 aliphatic carbocycles. The molecule has 1 atom stereocenters. The van der Waals surface area contributed by atoms with Crippen molar-refractivity contribution in [2.75, 3.05) is 25.7 Å². The second-order valence-electron chi connectivity index (χ2n) is 6.68. The number of aryl methyl sites for hydroxylation is 1. The highest BCUT2D eigenvalue weighted by Gasteiger charge is 2.32. The van der Waals surface area contributed by atoms with Crippen LogP contribution in [0.1, 0.15) is 17.5 Å². The summed E-state index contributed by atoms with van der Waals surface area (Å²) in [6.07, 6.45) is 0.594. The highest BCUT2D eigenvalue weighted by Crippen LogP contribution is 2.33. The van der Waals surface area contributed by atoms with E-state index in [1.54, 1.807) is 31.3 Å². The number of nitrogens with one attached hydrogen (secondary N) is 1. The first kappa shape index (κ1) is 18.8. The number of hydrogen-bond donors (Lipinski definition) is 1. The van der Waals surface area contributed by atoms with E-state index in [1.807, 2.05) is 37.3 Å². The van der Waals surface area contributed by atoms with Crippen LogP contribution in [0.2, 0.25) is 0 Å². The zero-order valence-corrected chi connectivity index (χ0v) is 15.8. The van der Waals surface area contributed by atoms with Gasteiger partial charge >= 0.3 is 0 Å². The molecule has 0 spiro atoms. The van der Waals surface area contributed by atoms with Gasteiger partial charge in [-0.15, -0.1) is 0 Å². The number of carbonyl (C=O) groups is 2. The molecule has 3 rings (SSSR count). The minimum Gasteiger partial charge on any atom is -0.493 e. The Hall–Kier alpha value is -3.02. The average Bonchev–Trinajstić information content (AvgIpc) is 3.01. The summed E-state index contributed by atoms with van der Waals surface area (Å²) in [5.74, 6) is 1.07. The van der Waals surface area contributed by atoms with E-state index >= 15 is 0 Å². The maximum atomic E-state index is 12.4. The van der Waals surface area contributed by atoms with Crippen molar-refractivity contribution in [2.45, 2.75) is 25.8 Å². The van der Waals surface area contributed by atoms with Gasteiger partial charge in [0.1, 0.15) is 0 Å². The zero-order chi connectivity index (χ0) is 19.4. The van der Waals surface area contributed by atoms with Gasteiger partial charge in [-0.05, 0) is 24.6 Å². The predicted octanol–water partition coefficient (Wildman–Crippen LogP) is 2.48. The molecular formula is C21H24N2O4. The molecule has 2 aromatic rings. The van der Waals surface area contributed by atoms with E-state index in [-0.39, 0.29) is 24.3 Å². The molecule has 0 bridgehead atoms. The standard InChI is InChI=1S/C21H24N2O4/c1-14-5-4-6-15(9-14)10-20(24)22-16-11-21(25)23(13-16)17-7-8-18(26-2)19(12-17)27-3/h4-9,12,16H,10-11,13H2,1-3H3,(H,22,24)/t16-/m1/s1. The molecule has 2 aromatic carbocycles. The normalized spacial score (nSPS) is 16.3. The lowest BCUT2D eigenvalue weighted by molar-refractivity contribution is -0.121. The number of amides is 2. The molecule has 1 aliphatic rings. The monoisotopic (exact) mass is 368 g/mol. The van der Waals surface area contributed by atoms with Gasteiger partial charge in [0, 0.05) is 24.7 Å². The molecule has 0 radical (unpaired) electrons. The van der Waals surface area contributed by atoms with Crippen LogP contribution in [0.4, 0.5) is 5.69 Å². The van der Waals surface area contributed by atoms with E-state index in [0.717, 1.165) is 16.8 Å². The first-order valence-electron chi connectivity index (χ1n) is 8.87. The highest BCUT2D eigenvalue weighted by molar-refractivity contribution is 5.97. The van der Waals surface area contributed by atoms with E-state index < -0.39 is 0 Å². The van der Waals surface area contributed by atoms with Crippen molar-refractivity contribution in [1.82, 2.24) is 5.32 Å². The van der Waals surface area contributed by atoms with Gasteiger partial charge in [0.25, 0.3) is 0 Å². The van der Waals surface area contributed by atoms with E-state index in [2.05, 4.69) is 5.32 Å². The molecule has 142 valence electrons. The summed E-state index contributed by atoms with van der Waals surface area (Å²) in [6, 6.07) is 13.0. The van der Waals surface area contributed by atoms with Crippen LogP contribution in [-0.4, -0.2) is 38.6 Å². The lowest BCUT2D eigenvalue weighted by Crippen LogP contribution is -2.38. The summed E-state index contributed by atoms with van der Waals surface area (Å²) < 4.78 is 10.5. The number of carbonyl (C=O) groups excluding carboxylic acids is 2. The second-order valence-corrected chi connectivity index (χ2v) is 6.68. The molecule has 1 aliphatic heterocycles. The average molecular weight is 368 g/mol. The molecular weight excluding hydrogens is 344 g/mol. The molecule has 0 unspecified atom stereocenters. The minimum absolute atomic E-state index is 0.0249. The molecule has 1 N–H and O–H groups in total. The fourth-order valence-electron chi connectivity index (χ4n) is 3.33. The molecule has 6 nitrogen and oxygen atoms in total. The summed E-state index contributed by atoms with van der Waals surface area (Å²) in [4.78, 5) is 26.4. The van der Waals surface area contributed by atoms with Gasteiger partial charge in [-0.1, -0.05) is 29.8 Å². The van der Waals surface area contributed by atoms with Gasteiger partial charge in [0.05, 0.1) is 26.7 Å². The largest absolute Gasteiger partial charge is 0.493 e. The number of benzene rings is 2. The summed E-state index contributed by atoms with van der Waals surface area (Å²) in [6.45, 7) is 2.44. The Bertz CT molecular complexity index is 850. The molecule has 2 amide bonds. The molecule has 0 aromatic heterocycles. The highest BCUT2D eigenvalue weighted by atomic mass is 16.5. The Kier molecular flexibility index (Phi) is 5.64. The van der Waals surface area contributed by atoms with Crippen molar-refractivity contribution in [3.05, 3.63) is 53.6 Å². The van der Waals surface area contributed by atoms with Crippen LogP contribution in [-0.2, 0) is 16.0 Å². The maximum Gasteiger partial charge on any atom is 0.229 e. The summed E-state index contributed by atoms with van der Waals surface area (Å²) in [5.41, 5.74) is 2.82. The van der Waals surface area contributed by atoms with Crippen LogP contribution in [0.5, 0.6) is 11.5 Å². The van der Waals surface area contributed by atoms with Crippen molar-refractivity contribution >= 4 is 17.5 Å². The number of methoxy groups -OCH3 is 2. The fourth-order valence-corrected chi connectivity index (χ4v) is 3.33. The fraction of sp³-hybridized carbons (Fsp3) is 0.333. The summed E-state index contributed by atoms with van der Waals surface area (Å²) in [7, 11) is 3.13. The Labute approximate surface area is 159 Å². The van der Waals surface area contributed by atoms with E-state index in [0.29, 0.717) is 24.5 Å². The number of hydrogen-bond acceptors (Lipinski definition) is 4. The third-order valence-electron chi connectivity index (χ3n) is 4.62. The molecule has 27 heavy (non-hydrogen) atoms. The van der Waals surface area contributed by atoms with Crippen LogP contribution in [0, 0.1) is 6.92 Å². The second kappa shape index (κ2) is 8.12. The van der Waals surface area contributed by atoms with Crippen molar-refractivity contribution < 1.29 is 19.1 Å². The number of nitrogens with zero attached hydrogens (tertiary/aromatic N) is 1. The summed E-state index contributed by atoms with van der Waals surface area (Å²) in [5, 5.41) is 2.97. The lowest BCUT2D eigenvalue weighted by Gasteiger charge is -2.19. The van der Waals surface area contributed by atoms with Gasteiger partial charge in [-0.25, -0.2) is 0 Å². The topological polar surface area (TPSA) is 67.9 Å². The summed E-state index contributed by atoms with van der Waals surface area (Å²) >= 11 is 0. The van der Waals surface area contributed by atoms with Crippen molar-refractivity contribution in [1.29, 1.82) is 0 Å². The van der Waals surface area contributed by atoms with Crippen LogP contribution < -0.4 is 19.7 Å². The van der Waals surface area contributed by atoms with Gasteiger partial charge in [0.2, 0.25) is 11.8 Å². The third kappa shape index (κ3) is 4.39. The molecule has 6 heteroatoms. The SMILES string of the molecule is COc1ccc(N2C[C@H](NC(=O)Cc3cccc(C)c3)CC2=O)cc1OC. The molecule has 1 saturated heterocycles. The van der Waals surface area contributed by atoms with E-state index in [1.165, 1.54) is 0 Å². The first-order chi connectivity index (χ1) is 13.0. The van der Waals surface area contributed by atoms with E-state index in [4.69, 9.17) is 9.47 Å². The van der Waals surface area contributed by atoms with Gasteiger partial charge < -0.3 is 19.7 Å². The third-order valence-corrected chi connectivity index (χ3v) is 4.62. The van der Waals surface area contributed by atoms with E-state index in [9.17, 15) is 9.59 Å². The maximum absolute atomic E-state index is 12.4. The molecule has 0 saturated carbocycles. The molecule has 1 heterocycles. The Morgan fingerprint density at radius 3 is 2.63 bits per heavy atom. The van der Waals surface area contributed by atoms with Gasteiger partial charge in [-0.2, -0.15) is 0 Å². The van der Waals surface area contributed by atoms with Gasteiger partial charge in [-0.3, -0.25) is 9.59 Å². The predicted molar refractivity (Wildman–Crippen MR) is 103 cm³/mol.